The molecule has 6 rings (SSSR count). The molecule has 4 aromatic rings. The second-order valence-corrected chi connectivity index (χ2v) is 11.0. The third-order valence-electron chi connectivity index (χ3n) is 7.12. The summed E-state index contributed by atoms with van der Waals surface area (Å²) in [5.74, 6) is 1.65. The summed E-state index contributed by atoms with van der Waals surface area (Å²) in [6.07, 6.45) is 9.61. The van der Waals surface area contributed by atoms with Gasteiger partial charge in [-0.05, 0) is 93.0 Å². The number of H-pyrrole nitrogens is 1. The highest BCUT2D eigenvalue weighted by atomic mass is 16.5. The molecule has 206 valence electrons. The normalized spacial score (nSPS) is 14.8. The maximum Gasteiger partial charge on any atom is 0.255 e. The number of carbonyl (C=O) groups excluding carboxylic acids is 2. The van der Waals surface area contributed by atoms with Crippen LogP contribution in [0.25, 0.3) is 22.2 Å². The van der Waals surface area contributed by atoms with Crippen molar-refractivity contribution in [3.05, 3.63) is 71.7 Å². The maximum absolute atomic E-state index is 12.8. The highest BCUT2D eigenvalue weighted by Gasteiger charge is 2.25. The van der Waals surface area contributed by atoms with Crippen molar-refractivity contribution in [1.29, 1.82) is 0 Å². The van der Waals surface area contributed by atoms with Crippen LogP contribution in [0.1, 0.15) is 65.8 Å². The number of aromatic amines is 1. The van der Waals surface area contributed by atoms with Crippen LogP contribution in [-0.4, -0.2) is 45.5 Å². The van der Waals surface area contributed by atoms with Crippen molar-refractivity contribution >= 4 is 28.7 Å². The molecule has 0 aliphatic heterocycles. The van der Waals surface area contributed by atoms with Gasteiger partial charge in [-0.25, -0.2) is 9.97 Å². The number of ether oxygens (including phenoxy) is 1. The van der Waals surface area contributed by atoms with E-state index in [-0.39, 0.29) is 24.0 Å². The molecule has 1 aromatic carbocycles. The number of pyridine rings is 2. The Hall–Kier alpha value is -4.40. The summed E-state index contributed by atoms with van der Waals surface area (Å²) in [6, 6.07) is 11.8. The number of nitrogens with zero attached hydrogens (tertiary/aromatic N) is 2. The second kappa shape index (κ2) is 11.0. The minimum Gasteiger partial charge on any atom is -0.491 e. The average molecular weight is 539 g/mol. The number of carbonyl (C=O) groups is 2. The van der Waals surface area contributed by atoms with Crippen molar-refractivity contribution in [2.24, 2.45) is 5.92 Å². The number of nitrogens with one attached hydrogen (secondary N) is 4. The van der Waals surface area contributed by atoms with E-state index in [9.17, 15) is 9.59 Å². The Labute approximate surface area is 233 Å². The van der Waals surface area contributed by atoms with Gasteiger partial charge >= 0.3 is 0 Å². The van der Waals surface area contributed by atoms with E-state index in [1.165, 1.54) is 12.8 Å². The van der Waals surface area contributed by atoms with Gasteiger partial charge in [0.1, 0.15) is 17.2 Å². The molecule has 3 heterocycles. The molecule has 4 N–H and O–H groups in total. The van der Waals surface area contributed by atoms with Crippen LogP contribution in [0.5, 0.6) is 5.75 Å². The van der Waals surface area contributed by atoms with Crippen LogP contribution in [0.3, 0.4) is 0 Å². The lowest BCUT2D eigenvalue weighted by molar-refractivity contribution is 0.0943. The van der Waals surface area contributed by atoms with Crippen LogP contribution in [0.15, 0.2) is 55.0 Å². The number of hydrogen-bond acceptors (Lipinski definition) is 6. The maximum atomic E-state index is 12.8. The molecule has 9 heteroatoms. The minimum absolute atomic E-state index is 0.00373. The Morgan fingerprint density at radius 3 is 2.70 bits per heavy atom. The fraction of sp³-hybridized carbons (Fsp3) is 0.355. The largest absolute Gasteiger partial charge is 0.491 e. The van der Waals surface area contributed by atoms with Crippen molar-refractivity contribution in [3.8, 4) is 16.9 Å². The van der Waals surface area contributed by atoms with E-state index in [0.717, 1.165) is 40.7 Å². The first-order chi connectivity index (χ1) is 19.4. The summed E-state index contributed by atoms with van der Waals surface area (Å²) in [5, 5.41) is 10.3. The van der Waals surface area contributed by atoms with Crippen LogP contribution < -0.4 is 20.7 Å². The fourth-order valence-corrected chi connectivity index (χ4v) is 4.69. The molecular weight excluding hydrogens is 504 g/mol. The van der Waals surface area contributed by atoms with Crippen molar-refractivity contribution in [3.63, 3.8) is 0 Å². The number of amides is 2. The lowest BCUT2D eigenvalue weighted by atomic mass is 10.0. The summed E-state index contributed by atoms with van der Waals surface area (Å²) in [5.41, 5.74) is 4.61. The van der Waals surface area contributed by atoms with Gasteiger partial charge in [0.15, 0.2) is 0 Å². The van der Waals surface area contributed by atoms with Gasteiger partial charge < -0.3 is 25.7 Å². The zero-order valence-electron chi connectivity index (χ0n) is 22.8. The lowest BCUT2D eigenvalue weighted by Crippen LogP contribution is -2.26. The van der Waals surface area contributed by atoms with Crippen LogP contribution in [0, 0.1) is 5.92 Å². The van der Waals surface area contributed by atoms with Crippen molar-refractivity contribution in [1.82, 2.24) is 25.6 Å². The van der Waals surface area contributed by atoms with E-state index >= 15 is 0 Å². The van der Waals surface area contributed by atoms with Crippen molar-refractivity contribution in [2.75, 3.05) is 11.9 Å². The van der Waals surface area contributed by atoms with Gasteiger partial charge in [0, 0.05) is 48.7 Å². The molecule has 0 unspecified atom stereocenters. The summed E-state index contributed by atoms with van der Waals surface area (Å²) in [4.78, 5) is 37.7. The topological polar surface area (TPSA) is 121 Å². The fourth-order valence-electron chi connectivity index (χ4n) is 4.69. The predicted octanol–water partition coefficient (Wildman–Crippen LogP) is 5.06. The predicted molar refractivity (Wildman–Crippen MR) is 154 cm³/mol. The third-order valence-corrected chi connectivity index (χ3v) is 7.12. The zero-order valence-corrected chi connectivity index (χ0v) is 22.8. The van der Waals surface area contributed by atoms with Crippen molar-refractivity contribution in [2.45, 2.75) is 58.2 Å². The number of benzene rings is 1. The molecule has 0 radical (unpaired) electrons. The zero-order chi connectivity index (χ0) is 27.6. The van der Waals surface area contributed by atoms with Gasteiger partial charge in [0.05, 0.1) is 17.2 Å². The lowest BCUT2D eigenvalue weighted by Gasteiger charge is -2.15. The Morgan fingerprint density at radius 1 is 1.07 bits per heavy atom. The first-order valence-corrected chi connectivity index (χ1v) is 14.0. The second-order valence-electron chi connectivity index (χ2n) is 11.0. The van der Waals surface area contributed by atoms with Gasteiger partial charge in [0.2, 0.25) is 0 Å². The monoisotopic (exact) mass is 538 g/mol. The van der Waals surface area contributed by atoms with Gasteiger partial charge in [-0.3, -0.25) is 9.59 Å². The van der Waals surface area contributed by atoms with E-state index in [4.69, 9.17) is 4.74 Å². The molecule has 2 amide bonds. The Bertz CT molecular complexity index is 1550. The average Bonchev–Trinajstić information content (AvgIpc) is 3.89. The highest BCUT2D eigenvalue weighted by molar-refractivity contribution is 6.01. The first-order valence-electron chi connectivity index (χ1n) is 14.0. The standard InChI is InChI=1S/C31H34N6O3/c1-18(2)40-24-11-20(15-33-28-25(4-3-9-32-28)31(39)36-14-19-5-6-19)10-21(12-24)27-17-35-29-26(27)13-22(16-34-29)30(38)37-23-7-8-23/h3-4,9-13,16-19,23H,5-8,14-15H2,1-2H3,(H,32,33)(H,34,35)(H,36,39)(H,37,38). The third kappa shape index (κ3) is 6.09. The van der Waals surface area contributed by atoms with E-state index in [2.05, 4.69) is 37.0 Å². The molecule has 2 saturated carbocycles. The summed E-state index contributed by atoms with van der Waals surface area (Å²) in [7, 11) is 0. The SMILES string of the molecule is CC(C)Oc1cc(CNc2ncccc2C(=O)NCC2CC2)cc(-c2c[nH]c3ncc(C(=O)NC4CC4)cc23)c1. The molecule has 2 aliphatic rings. The smallest absolute Gasteiger partial charge is 0.255 e. The van der Waals surface area contributed by atoms with Gasteiger partial charge in [-0.1, -0.05) is 0 Å². The Balaban J connectivity index is 1.27. The molecule has 0 atom stereocenters. The van der Waals surface area contributed by atoms with E-state index in [0.29, 0.717) is 41.6 Å². The molecule has 0 saturated heterocycles. The van der Waals surface area contributed by atoms with Gasteiger partial charge in [-0.2, -0.15) is 0 Å². The number of fused-ring (bicyclic) bond motifs is 1. The molecule has 0 spiro atoms. The van der Waals surface area contributed by atoms with Crippen LogP contribution in [-0.2, 0) is 6.54 Å². The molecule has 0 bridgehead atoms. The molecule has 2 fully saturated rings. The first kappa shape index (κ1) is 25.9. The molecule has 3 aromatic heterocycles. The highest BCUT2D eigenvalue weighted by Crippen LogP contribution is 2.33. The molecule has 2 aliphatic carbocycles. The van der Waals surface area contributed by atoms with E-state index in [1.54, 1.807) is 24.5 Å². The Kier molecular flexibility index (Phi) is 7.11. The van der Waals surface area contributed by atoms with Crippen molar-refractivity contribution < 1.29 is 14.3 Å². The van der Waals surface area contributed by atoms with E-state index < -0.39 is 0 Å². The van der Waals surface area contributed by atoms with Crippen LogP contribution in [0.2, 0.25) is 0 Å². The summed E-state index contributed by atoms with van der Waals surface area (Å²) in [6.45, 7) is 5.13. The van der Waals surface area contributed by atoms with Crippen LogP contribution >= 0.6 is 0 Å². The summed E-state index contributed by atoms with van der Waals surface area (Å²) >= 11 is 0. The molecule has 40 heavy (non-hydrogen) atoms. The number of rotatable bonds is 11. The van der Waals surface area contributed by atoms with Gasteiger partial charge in [0.25, 0.3) is 11.8 Å². The van der Waals surface area contributed by atoms with Crippen LogP contribution in [0.4, 0.5) is 5.82 Å². The quantitative estimate of drug-likeness (QED) is 0.212. The number of hydrogen-bond donors (Lipinski definition) is 4. The van der Waals surface area contributed by atoms with Gasteiger partial charge in [-0.15, -0.1) is 0 Å². The number of aromatic nitrogens is 3. The summed E-state index contributed by atoms with van der Waals surface area (Å²) < 4.78 is 6.10. The molecular formula is C31H34N6O3. The Morgan fingerprint density at radius 2 is 1.93 bits per heavy atom. The van der Waals surface area contributed by atoms with E-state index in [1.807, 2.05) is 38.2 Å². The number of anilines is 1. The minimum atomic E-state index is -0.118. The molecule has 9 nitrogen and oxygen atoms in total.